The Morgan fingerprint density at radius 3 is 1.77 bits per heavy atom. The number of aryl methyl sites for hydroxylation is 1. The van der Waals surface area contributed by atoms with E-state index in [4.69, 9.17) is 11.0 Å². The number of nitriles is 1. The van der Waals surface area contributed by atoms with Crippen LogP contribution in [0.25, 0.3) is 11.1 Å². The highest BCUT2D eigenvalue weighted by Gasteiger charge is 2.05. The van der Waals surface area contributed by atoms with Gasteiger partial charge in [-0.3, -0.25) is 4.68 Å². The zero-order valence-corrected chi connectivity index (χ0v) is 32.7. The van der Waals surface area contributed by atoms with Crippen molar-refractivity contribution in [3.05, 3.63) is 96.4 Å². The van der Waals surface area contributed by atoms with Crippen molar-refractivity contribution in [2.45, 2.75) is 74.1 Å². The second kappa shape index (κ2) is 38.9. The number of nitrogens with one attached hydrogen (secondary N) is 2. The van der Waals surface area contributed by atoms with E-state index in [-0.39, 0.29) is 0 Å². The summed E-state index contributed by atoms with van der Waals surface area (Å²) in [6.07, 6.45) is 19.9. The molecule has 0 aliphatic heterocycles. The van der Waals surface area contributed by atoms with Crippen molar-refractivity contribution in [3.63, 3.8) is 0 Å². The van der Waals surface area contributed by atoms with Gasteiger partial charge in [-0.05, 0) is 55.7 Å². The lowest BCUT2D eigenvalue weighted by Gasteiger charge is -2.10. The molecular formula is C40H65N7S. The van der Waals surface area contributed by atoms with Crippen LogP contribution >= 0.6 is 11.8 Å². The topological polar surface area (TPSA) is 105 Å². The van der Waals surface area contributed by atoms with Gasteiger partial charge in [-0.15, -0.1) is 12.8 Å². The molecule has 8 heteroatoms. The lowest BCUT2D eigenvalue weighted by molar-refractivity contribution is 0.678. The van der Waals surface area contributed by atoms with Crippen molar-refractivity contribution in [2.75, 3.05) is 43.7 Å². The maximum absolute atomic E-state index is 8.61. The Hall–Kier alpha value is -4.24. The summed E-state index contributed by atoms with van der Waals surface area (Å²) in [5.41, 5.74) is 10.8. The molecule has 266 valence electrons. The number of pyridine rings is 1. The zero-order chi connectivity index (χ0) is 37.6. The third kappa shape index (κ3) is 26.9. The molecule has 0 aliphatic carbocycles. The van der Waals surface area contributed by atoms with E-state index in [1.54, 1.807) is 22.6 Å². The van der Waals surface area contributed by atoms with Gasteiger partial charge in [0.1, 0.15) is 5.82 Å². The van der Waals surface area contributed by atoms with E-state index in [0.717, 1.165) is 41.9 Å². The number of anilines is 2. The lowest BCUT2D eigenvalue weighted by Crippen LogP contribution is -2.14. The van der Waals surface area contributed by atoms with Crippen LogP contribution in [-0.2, 0) is 7.05 Å². The molecule has 0 radical (unpaired) electrons. The maximum Gasteiger partial charge on any atom is 0.146 e. The van der Waals surface area contributed by atoms with Crippen molar-refractivity contribution in [1.82, 2.24) is 20.1 Å². The van der Waals surface area contributed by atoms with Crippen LogP contribution in [0.5, 0.6) is 0 Å². The predicted octanol–water partition coefficient (Wildman–Crippen LogP) is 10.2. The molecule has 1 atom stereocenters. The van der Waals surface area contributed by atoms with E-state index >= 15 is 0 Å². The van der Waals surface area contributed by atoms with Gasteiger partial charge in [0.25, 0.3) is 0 Å². The third-order valence-electron chi connectivity index (χ3n) is 5.31. The Morgan fingerprint density at radius 2 is 1.40 bits per heavy atom. The van der Waals surface area contributed by atoms with Gasteiger partial charge < -0.3 is 16.4 Å². The van der Waals surface area contributed by atoms with Crippen LogP contribution < -0.4 is 16.4 Å². The number of hydrogen-bond acceptors (Lipinski definition) is 7. The summed E-state index contributed by atoms with van der Waals surface area (Å²) < 4.78 is 1.77. The Bertz CT molecular complexity index is 1240. The van der Waals surface area contributed by atoms with Crippen molar-refractivity contribution in [3.8, 4) is 30.0 Å². The highest BCUT2D eigenvalue weighted by molar-refractivity contribution is 7.97. The smallest absolute Gasteiger partial charge is 0.146 e. The van der Waals surface area contributed by atoms with Crippen molar-refractivity contribution < 1.29 is 0 Å². The highest BCUT2D eigenvalue weighted by atomic mass is 32.2. The second-order valence-corrected chi connectivity index (χ2v) is 10.3. The molecule has 0 amide bonds. The van der Waals surface area contributed by atoms with Crippen LogP contribution in [0.2, 0.25) is 0 Å². The molecule has 0 aliphatic rings. The molecule has 2 aromatic carbocycles. The number of nitrogens with zero attached hydrogens (tertiary/aromatic N) is 4. The molecule has 0 spiro atoms. The zero-order valence-electron chi connectivity index (χ0n) is 31.9. The van der Waals surface area contributed by atoms with E-state index in [2.05, 4.69) is 67.3 Å². The summed E-state index contributed by atoms with van der Waals surface area (Å²) in [4.78, 5) is 4.20. The van der Waals surface area contributed by atoms with Gasteiger partial charge in [-0.1, -0.05) is 110 Å². The van der Waals surface area contributed by atoms with E-state index in [0.29, 0.717) is 11.7 Å². The predicted molar refractivity (Wildman–Crippen MR) is 218 cm³/mol. The Labute approximate surface area is 299 Å². The van der Waals surface area contributed by atoms with Crippen LogP contribution in [0.3, 0.4) is 0 Å². The first-order valence-corrected chi connectivity index (χ1v) is 18.3. The summed E-state index contributed by atoms with van der Waals surface area (Å²) in [5.74, 6) is 1.03. The van der Waals surface area contributed by atoms with Crippen LogP contribution in [0, 0.1) is 24.2 Å². The minimum atomic E-state index is 0.498. The molecule has 0 saturated carbocycles. The minimum Gasteiger partial charge on any atom is -0.382 e. The van der Waals surface area contributed by atoms with Crippen molar-refractivity contribution in [1.29, 1.82) is 5.26 Å². The normalized spacial score (nSPS) is 9.02. The minimum absolute atomic E-state index is 0.498. The van der Waals surface area contributed by atoms with Gasteiger partial charge in [-0.25, -0.2) is 4.98 Å². The number of aromatic nitrogens is 3. The molecule has 0 bridgehead atoms. The van der Waals surface area contributed by atoms with Crippen LogP contribution in [0.4, 0.5) is 11.5 Å². The van der Waals surface area contributed by atoms with E-state index < -0.39 is 0 Å². The van der Waals surface area contributed by atoms with Gasteiger partial charge in [0.15, 0.2) is 0 Å². The number of benzene rings is 2. The summed E-state index contributed by atoms with van der Waals surface area (Å²) in [7, 11) is 3.84. The number of likely N-dealkylation sites (N-methyl/N-ethyl adjacent to an activating group) is 1. The number of terminal acetylenes is 1. The standard InChI is InChI=1S/C12H17N5.C11H14N2.C6H6.C3H8.C2H6S.2C2H6.C2H2/c1-3-4-14-11-5-9(6-15-12(11)13)10-7-16-17(2)8-10;1-9(8-13-2)11-5-3-10(7-12)4-6-11;1-2-4-6-5-3-1;2*1-3-2;3*1-2/h5-8,14H,3-4H2,1-2H3,(H2,13,15);3-6,9,13H,8H2,1-2H3;1-6H;3H2,1-2H3;1-2H3;2*1-2H3;1-2H. The van der Waals surface area contributed by atoms with E-state index in [1.807, 2.05) is 133 Å². The van der Waals surface area contributed by atoms with Gasteiger partial charge in [0, 0.05) is 43.7 Å². The monoisotopic (exact) mass is 676 g/mol. The first kappa shape index (κ1) is 50.6. The van der Waals surface area contributed by atoms with Crippen LogP contribution in [0.1, 0.15) is 85.3 Å². The molecule has 4 rings (SSSR count). The molecule has 2 heterocycles. The Kier molecular flexibility index (Phi) is 41.1. The van der Waals surface area contributed by atoms with Gasteiger partial charge in [0.05, 0.1) is 23.5 Å². The maximum atomic E-state index is 8.61. The number of rotatable bonds is 7. The van der Waals surface area contributed by atoms with Crippen molar-refractivity contribution in [2.24, 2.45) is 7.05 Å². The van der Waals surface area contributed by atoms with Crippen molar-refractivity contribution >= 4 is 23.3 Å². The quantitative estimate of drug-likeness (QED) is 0.167. The first-order chi connectivity index (χ1) is 23.3. The molecule has 7 nitrogen and oxygen atoms in total. The fraction of sp³-hybridized carbons (Fsp3) is 0.425. The molecule has 4 aromatic rings. The lowest BCUT2D eigenvalue weighted by atomic mass is 10.0. The van der Waals surface area contributed by atoms with Gasteiger partial charge in [-0.2, -0.15) is 22.1 Å². The number of thioether (sulfide) groups is 1. The molecule has 1 unspecified atom stereocenters. The number of hydrogen-bond donors (Lipinski definition) is 3. The molecule has 0 fully saturated rings. The van der Waals surface area contributed by atoms with Gasteiger partial charge >= 0.3 is 0 Å². The average Bonchev–Trinajstić information content (AvgIpc) is 3.58. The van der Waals surface area contributed by atoms with Crippen LogP contribution in [0.15, 0.2) is 85.3 Å². The first-order valence-electron chi connectivity index (χ1n) is 16.7. The summed E-state index contributed by atoms with van der Waals surface area (Å²) in [5, 5.41) is 19.1. The Balaban J connectivity index is -0.000000275. The molecular weight excluding hydrogens is 611 g/mol. The SMILES string of the molecule is C#C.CC.CC.CCC.CCCNc1cc(-c2cnn(C)c2)cnc1N.CNCC(C)c1ccc(C#N)cc1.CSC.c1ccccc1. The molecule has 48 heavy (non-hydrogen) atoms. The van der Waals surface area contributed by atoms with Gasteiger partial charge in [0.2, 0.25) is 0 Å². The molecule has 2 aromatic heterocycles. The third-order valence-corrected chi connectivity index (χ3v) is 5.31. The highest BCUT2D eigenvalue weighted by Crippen LogP contribution is 2.24. The summed E-state index contributed by atoms with van der Waals surface area (Å²) >= 11 is 1.75. The fourth-order valence-electron chi connectivity index (χ4n) is 3.30. The van der Waals surface area contributed by atoms with E-state index in [9.17, 15) is 0 Å². The average molecular weight is 676 g/mol. The van der Waals surface area contributed by atoms with Crippen LogP contribution in [-0.4, -0.2) is 47.4 Å². The number of nitrogen functional groups attached to an aromatic ring is 1. The summed E-state index contributed by atoms with van der Waals surface area (Å²) in [6.45, 7) is 18.4. The summed E-state index contributed by atoms with van der Waals surface area (Å²) in [6, 6.07) is 23.9. The largest absolute Gasteiger partial charge is 0.382 e. The molecule has 4 N–H and O–H groups in total. The second-order valence-electron chi connectivity index (χ2n) is 9.45. The number of nitrogens with two attached hydrogens (primary N) is 1. The molecule has 0 saturated heterocycles. The van der Waals surface area contributed by atoms with E-state index in [1.165, 1.54) is 12.0 Å². The fourth-order valence-corrected chi connectivity index (χ4v) is 3.30. The Morgan fingerprint density at radius 1 is 0.917 bits per heavy atom.